The second-order valence-corrected chi connectivity index (χ2v) is 2.76. The van der Waals surface area contributed by atoms with Gasteiger partial charge in [0.2, 0.25) is 0 Å². The van der Waals surface area contributed by atoms with Crippen LogP contribution in [0.3, 0.4) is 0 Å². The van der Waals surface area contributed by atoms with Gasteiger partial charge in [-0.05, 0) is 16.9 Å². The van der Waals surface area contributed by atoms with Gasteiger partial charge in [-0.1, -0.05) is 30.3 Å². The number of aryl methyl sites for hydroxylation is 1. The molecule has 0 spiro atoms. The van der Waals surface area contributed by atoms with Crippen LogP contribution in [0.4, 0.5) is 0 Å². The maximum atomic E-state index is 10.3. The lowest BCUT2D eigenvalue weighted by atomic mass is 10.1. The Morgan fingerprint density at radius 2 is 2.07 bits per heavy atom. The van der Waals surface area contributed by atoms with E-state index in [1.807, 2.05) is 30.3 Å². The van der Waals surface area contributed by atoms with E-state index in [4.69, 9.17) is 5.21 Å². The molecule has 0 aromatic heterocycles. The summed E-state index contributed by atoms with van der Waals surface area (Å²) in [5, 5.41) is 21.2. The minimum Gasteiger partial charge on any atom is -0.358 e. The fourth-order valence-corrected chi connectivity index (χ4v) is 1.08. The highest BCUT2D eigenvalue weighted by Crippen LogP contribution is 2.03. The molecule has 1 rings (SSSR count). The van der Waals surface area contributed by atoms with E-state index < -0.39 is 10.8 Å². The number of hydrogen-bond donors (Lipinski definition) is 1. The summed E-state index contributed by atoms with van der Waals surface area (Å²) in [6.07, 6.45) is 0.634. The van der Waals surface area contributed by atoms with E-state index in [0.29, 0.717) is 6.42 Å². The molecule has 0 atom stereocenters. The van der Waals surface area contributed by atoms with Gasteiger partial charge in [-0.3, -0.25) is 0 Å². The van der Waals surface area contributed by atoms with Crippen molar-refractivity contribution < 1.29 is 10.1 Å². The van der Waals surface area contributed by atoms with Gasteiger partial charge in [0, 0.05) is 0 Å². The predicted octanol–water partition coefficient (Wildman–Crippen LogP) is 1.68. The lowest BCUT2D eigenvalue weighted by Crippen LogP contribution is -2.12. The number of nitrogens with zero attached hydrogens (tertiary/aromatic N) is 2. The van der Waals surface area contributed by atoms with E-state index in [2.05, 4.69) is 5.16 Å². The second-order valence-electron chi connectivity index (χ2n) is 2.76. The zero-order valence-electron chi connectivity index (χ0n) is 7.46. The largest absolute Gasteiger partial charge is 0.385 e. The van der Waals surface area contributed by atoms with Crippen LogP contribution in [0, 0.1) is 10.1 Å². The smallest absolute Gasteiger partial charge is 0.358 e. The van der Waals surface area contributed by atoms with E-state index >= 15 is 0 Å². The Bertz CT molecular complexity index is 335. The van der Waals surface area contributed by atoms with E-state index in [9.17, 15) is 10.1 Å². The zero-order chi connectivity index (χ0) is 10.4. The molecule has 5 nitrogen and oxygen atoms in total. The first-order chi connectivity index (χ1) is 6.74. The molecular weight excluding hydrogens is 184 g/mol. The second kappa shape index (κ2) is 4.96. The SMILES string of the molecule is O=[N+]([O-])/C(CCc1ccccc1)=N\O. The Labute approximate surface area is 80.8 Å². The van der Waals surface area contributed by atoms with Crippen molar-refractivity contribution >= 4 is 5.84 Å². The van der Waals surface area contributed by atoms with Crippen LogP contribution in [-0.2, 0) is 6.42 Å². The molecule has 14 heavy (non-hydrogen) atoms. The van der Waals surface area contributed by atoms with Gasteiger partial charge in [0.25, 0.3) is 0 Å². The van der Waals surface area contributed by atoms with Gasteiger partial charge in [-0.2, -0.15) is 0 Å². The van der Waals surface area contributed by atoms with Crippen LogP contribution >= 0.6 is 0 Å². The van der Waals surface area contributed by atoms with Crippen molar-refractivity contribution in [3.63, 3.8) is 0 Å². The van der Waals surface area contributed by atoms with E-state index in [0.717, 1.165) is 5.56 Å². The van der Waals surface area contributed by atoms with Crippen molar-refractivity contribution in [1.29, 1.82) is 0 Å². The minimum absolute atomic E-state index is 0.132. The minimum atomic E-state index is -0.678. The van der Waals surface area contributed by atoms with Crippen LogP contribution < -0.4 is 0 Å². The quantitative estimate of drug-likeness (QED) is 0.261. The monoisotopic (exact) mass is 194 g/mol. The summed E-state index contributed by atoms with van der Waals surface area (Å²) in [6, 6.07) is 9.33. The molecular formula is C9H10N2O3. The Morgan fingerprint density at radius 1 is 1.43 bits per heavy atom. The van der Waals surface area contributed by atoms with Gasteiger partial charge in [0.1, 0.15) is 5.16 Å². The molecule has 5 heteroatoms. The molecule has 0 saturated heterocycles. The van der Waals surface area contributed by atoms with Crippen LogP contribution in [0.5, 0.6) is 0 Å². The fraction of sp³-hybridized carbons (Fsp3) is 0.222. The van der Waals surface area contributed by atoms with Gasteiger partial charge >= 0.3 is 5.84 Å². The first kappa shape index (κ1) is 10.2. The molecule has 1 aromatic rings. The lowest BCUT2D eigenvalue weighted by molar-refractivity contribution is -0.355. The molecule has 0 amide bonds. The first-order valence-electron chi connectivity index (χ1n) is 4.13. The third kappa shape index (κ3) is 2.85. The predicted molar refractivity (Wildman–Crippen MR) is 51.0 cm³/mol. The third-order valence-electron chi connectivity index (χ3n) is 1.81. The summed E-state index contributed by atoms with van der Waals surface area (Å²) < 4.78 is 0. The molecule has 0 unspecified atom stereocenters. The van der Waals surface area contributed by atoms with E-state index in [1.165, 1.54) is 0 Å². The molecule has 1 aromatic carbocycles. The topological polar surface area (TPSA) is 75.7 Å². The van der Waals surface area contributed by atoms with Crippen molar-refractivity contribution in [2.24, 2.45) is 5.16 Å². The number of nitro groups is 1. The Kier molecular flexibility index (Phi) is 3.60. The molecule has 0 radical (unpaired) electrons. The highest BCUT2D eigenvalue weighted by molar-refractivity contribution is 5.73. The number of oxime groups is 1. The third-order valence-corrected chi connectivity index (χ3v) is 1.81. The summed E-state index contributed by atoms with van der Waals surface area (Å²) in [4.78, 5) is 9.59. The molecule has 0 saturated carbocycles. The van der Waals surface area contributed by atoms with Gasteiger partial charge in [0.05, 0.1) is 6.42 Å². The Balaban J connectivity index is 2.53. The highest BCUT2D eigenvalue weighted by atomic mass is 16.6. The van der Waals surface area contributed by atoms with Crippen LogP contribution in [-0.4, -0.2) is 16.0 Å². The van der Waals surface area contributed by atoms with Crippen LogP contribution in [0.15, 0.2) is 35.5 Å². The van der Waals surface area contributed by atoms with Gasteiger partial charge < -0.3 is 15.3 Å². The molecule has 1 N–H and O–H groups in total. The van der Waals surface area contributed by atoms with Crippen molar-refractivity contribution in [2.75, 3.05) is 0 Å². The fourth-order valence-electron chi connectivity index (χ4n) is 1.08. The average molecular weight is 194 g/mol. The first-order valence-corrected chi connectivity index (χ1v) is 4.13. The normalized spacial score (nSPS) is 11.3. The summed E-state index contributed by atoms with van der Waals surface area (Å²) in [5.41, 5.74) is 0.982. The summed E-state index contributed by atoms with van der Waals surface area (Å²) in [6.45, 7) is 0. The van der Waals surface area contributed by atoms with Crippen molar-refractivity contribution in [3.8, 4) is 0 Å². The summed E-state index contributed by atoms with van der Waals surface area (Å²) in [7, 11) is 0. The maximum Gasteiger partial charge on any atom is 0.385 e. The van der Waals surface area contributed by atoms with Gasteiger partial charge in [-0.15, -0.1) is 0 Å². The molecule has 74 valence electrons. The van der Waals surface area contributed by atoms with E-state index in [1.54, 1.807) is 0 Å². The number of rotatable bonds is 3. The van der Waals surface area contributed by atoms with Gasteiger partial charge in [0.15, 0.2) is 0 Å². The van der Waals surface area contributed by atoms with Crippen molar-refractivity contribution in [3.05, 3.63) is 46.0 Å². The van der Waals surface area contributed by atoms with Crippen molar-refractivity contribution in [1.82, 2.24) is 0 Å². The number of hydrogen-bond acceptors (Lipinski definition) is 4. The van der Waals surface area contributed by atoms with Crippen LogP contribution in [0.2, 0.25) is 0 Å². The Hall–Kier alpha value is -1.91. The average Bonchev–Trinajstić information content (AvgIpc) is 2.20. The van der Waals surface area contributed by atoms with Gasteiger partial charge in [-0.25, -0.2) is 0 Å². The van der Waals surface area contributed by atoms with Crippen LogP contribution in [0.1, 0.15) is 12.0 Å². The van der Waals surface area contributed by atoms with Crippen LogP contribution in [0.25, 0.3) is 0 Å². The Morgan fingerprint density at radius 3 is 2.57 bits per heavy atom. The highest BCUT2D eigenvalue weighted by Gasteiger charge is 2.12. The molecule has 0 fully saturated rings. The standard InChI is InChI=1S/C9H10N2O3/c12-10-9(11(13)14)7-6-8-4-2-1-3-5-8/h1-5,12H,6-7H2/b10-9-. The molecule has 0 heterocycles. The molecule has 0 bridgehead atoms. The zero-order valence-corrected chi connectivity index (χ0v) is 7.46. The number of amidine groups is 1. The molecule has 0 aliphatic heterocycles. The number of benzene rings is 1. The summed E-state index contributed by atoms with van der Waals surface area (Å²) >= 11 is 0. The maximum absolute atomic E-state index is 10.3. The van der Waals surface area contributed by atoms with E-state index in [-0.39, 0.29) is 6.42 Å². The molecule has 0 aliphatic rings. The van der Waals surface area contributed by atoms with Crippen molar-refractivity contribution in [2.45, 2.75) is 12.8 Å². The lowest BCUT2D eigenvalue weighted by Gasteiger charge is -1.97. The molecule has 0 aliphatic carbocycles. The summed E-state index contributed by atoms with van der Waals surface area (Å²) in [5.74, 6) is -0.408.